The van der Waals surface area contributed by atoms with Crippen molar-refractivity contribution in [1.82, 2.24) is 5.32 Å². The highest BCUT2D eigenvalue weighted by atomic mass is 35.5. The number of sulfone groups is 1. The van der Waals surface area contributed by atoms with E-state index in [1.165, 1.54) is 0 Å². The van der Waals surface area contributed by atoms with Gasteiger partial charge in [-0.15, -0.1) is 12.4 Å². The Kier molecular flexibility index (Phi) is 4.83. The van der Waals surface area contributed by atoms with Crippen LogP contribution >= 0.6 is 12.4 Å². The molecule has 0 aromatic rings. The molecular weight excluding hydrogens is 238 g/mol. The smallest absolute Gasteiger partial charge is 0.153 e. The first-order chi connectivity index (χ1) is 6.68. The second kappa shape index (κ2) is 5.48. The van der Waals surface area contributed by atoms with Crippen LogP contribution in [0.2, 0.25) is 0 Å². The van der Waals surface area contributed by atoms with E-state index in [1.807, 2.05) is 0 Å². The van der Waals surface area contributed by atoms with E-state index < -0.39 is 9.84 Å². The molecule has 0 aromatic carbocycles. The van der Waals surface area contributed by atoms with Gasteiger partial charge in [0.1, 0.15) is 6.23 Å². The minimum atomic E-state index is -2.83. The third kappa shape index (κ3) is 3.31. The summed E-state index contributed by atoms with van der Waals surface area (Å²) in [6.45, 7) is 1.55. The summed E-state index contributed by atoms with van der Waals surface area (Å²) in [7, 11) is -2.83. The van der Waals surface area contributed by atoms with Gasteiger partial charge in [-0.25, -0.2) is 8.42 Å². The molecule has 0 aliphatic carbocycles. The number of ether oxygens (including phenoxy) is 1. The topological polar surface area (TPSA) is 55.4 Å². The van der Waals surface area contributed by atoms with Gasteiger partial charge in [0.15, 0.2) is 9.84 Å². The molecule has 2 aliphatic rings. The fourth-order valence-electron chi connectivity index (χ4n) is 2.16. The van der Waals surface area contributed by atoms with Crippen molar-refractivity contribution in [2.75, 3.05) is 18.9 Å². The Morgan fingerprint density at radius 3 is 2.73 bits per heavy atom. The summed E-state index contributed by atoms with van der Waals surface area (Å²) in [5, 5.41) is 2.98. The molecule has 2 atom stereocenters. The third-order valence-electron chi connectivity index (χ3n) is 2.98. The maximum absolute atomic E-state index is 11.7. The van der Waals surface area contributed by atoms with E-state index in [2.05, 4.69) is 5.32 Å². The summed E-state index contributed by atoms with van der Waals surface area (Å²) in [6.07, 6.45) is 3.27. The van der Waals surface area contributed by atoms with Crippen LogP contribution in [0.3, 0.4) is 0 Å². The molecule has 6 heteroatoms. The van der Waals surface area contributed by atoms with Crippen LogP contribution < -0.4 is 5.32 Å². The van der Waals surface area contributed by atoms with Crippen molar-refractivity contribution in [2.45, 2.75) is 37.2 Å². The first-order valence-electron chi connectivity index (χ1n) is 5.25. The van der Waals surface area contributed by atoms with Crippen molar-refractivity contribution < 1.29 is 13.2 Å². The van der Waals surface area contributed by atoms with Crippen molar-refractivity contribution in [1.29, 1.82) is 0 Å². The average molecular weight is 256 g/mol. The van der Waals surface area contributed by atoms with Crippen molar-refractivity contribution in [3.05, 3.63) is 0 Å². The summed E-state index contributed by atoms with van der Waals surface area (Å²) in [4.78, 5) is 0. The number of nitrogens with one attached hydrogen (secondary N) is 1. The molecule has 0 amide bonds. The van der Waals surface area contributed by atoms with E-state index >= 15 is 0 Å². The van der Waals surface area contributed by atoms with Crippen molar-refractivity contribution >= 4 is 22.2 Å². The van der Waals surface area contributed by atoms with Crippen LogP contribution in [-0.2, 0) is 14.6 Å². The zero-order chi connectivity index (χ0) is 10.0. The quantitative estimate of drug-likeness (QED) is 0.790. The van der Waals surface area contributed by atoms with Gasteiger partial charge < -0.3 is 4.74 Å². The number of halogens is 1. The van der Waals surface area contributed by atoms with Gasteiger partial charge in [0, 0.05) is 13.0 Å². The molecule has 2 aliphatic heterocycles. The molecule has 15 heavy (non-hydrogen) atoms. The van der Waals surface area contributed by atoms with Crippen LogP contribution in [0.4, 0.5) is 0 Å². The highest BCUT2D eigenvalue weighted by Crippen LogP contribution is 2.24. The lowest BCUT2D eigenvalue weighted by Gasteiger charge is -2.24. The van der Waals surface area contributed by atoms with E-state index in [4.69, 9.17) is 4.74 Å². The fourth-order valence-corrected chi connectivity index (χ4v) is 4.09. The zero-order valence-electron chi connectivity index (χ0n) is 8.65. The largest absolute Gasteiger partial charge is 0.362 e. The van der Waals surface area contributed by atoms with Gasteiger partial charge >= 0.3 is 0 Å². The molecular formula is C9H18ClNO3S. The lowest BCUT2D eigenvalue weighted by atomic mass is 10.1. The van der Waals surface area contributed by atoms with E-state index in [-0.39, 0.29) is 23.9 Å². The Labute approximate surface area is 97.1 Å². The van der Waals surface area contributed by atoms with Crippen LogP contribution in [0, 0.1) is 0 Å². The first kappa shape index (κ1) is 13.2. The highest BCUT2D eigenvalue weighted by Gasteiger charge is 2.32. The van der Waals surface area contributed by atoms with Crippen LogP contribution in [0.15, 0.2) is 0 Å². The van der Waals surface area contributed by atoms with Crippen LogP contribution in [0.1, 0.15) is 25.7 Å². The Morgan fingerprint density at radius 2 is 2.13 bits per heavy atom. The molecule has 2 unspecified atom stereocenters. The molecule has 0 radical (unpaired) electrons. The second-order valence-corrected chi connectivity index (χ2v) is 6.43. The number of rotatable bonds is 2. The predicted molar refractivity (Wildman–Crippen MR) is 61.0 cm³/mol. The number of hydrogen-bond donors (Lipinski definition) is 1. The molecule has 0 bridgehead atoms. The second-order valence-electron chi connectivity index (χ2n) is 4.03. The Bertz CT molecular complexity index is 288. The molecule has 2 heterocycles. The molecule has 4 nitrogen and oxygen atoms in total. The first-order valence-corrected chi connectivity index (χ1v) is 6.96. The molecule has 2 saturated heterocycles. The Balaban J connectivity index is 0.00000112. The van der Waals surface area contributed by atoms with E-state index in [0.717, 1.165) is 25.8 Å². The van der Waals surface area contributed by atoms with Crippen molar-refractivity contribution in [3.8, 4) is 0 Å². The van der Waals surface area contributed by atoms with Gasteiger partial charge in [0.05, 0.1) is 17.6 Å². The lowest BCUT2D eigenvalue weighted by Crippen LogP contribution is -2.35. The van der Waals surface area contributed by atoms with Gasteiger partial charge in [0.25, 0.3) is 0 Å². The van der Waals surface area contributed by atoms with Gasteiger partial charge in [-0.05, 0) is 12.8 Å². The SMILES string of the molecule is Cl.O=S1(=O)CCCCC1CC1NCCO1. The molecule has 0 aromatic heterocycles. The van der Waals surface area contributed by atoms with Crippen molar-refractivity contribution in [2.24, 2.45) is 0 Å². The third-order valence-corrected chi connectivity index (χ3v) is 5.28. The zero-order valence-corrected chi connectivity index (χ0v) is 10.3. The Morgan fingerprint density at radius 1 is 1.33 bits per heavy atom. The van der Waals surface area contributed by atoms with Crippen LogP contribution in [0.5, 0.6) is 0 Å². The monoisotopic (exact) mass is 255 g/mol. The maximum Gasteiger partial charge on any atom is 0.153 e. The molecule has 2 rings (SSSR count). The summed E-state index contributed by atoms with van der Waals surface area (Å²) in [5.74, 6) is 0.365. The average Bonchev–Trinajstić information content (AvgIpc) is 2.61. The minimum Gasteiger partial charge on any atom is -0.362 e. The lowest BCUT2D eigenvalue weighted by molar-refractivity contribution is 0.0923. The molecule has 2 fully saturated rings. The summed E-state index contributed by atoms with van der Waals surface area (Å²) in [6, 6.07) is 0. The van der Waals surface area contributed by atoms with E-state index in [1.54, 1.807) is 0 Å². The van der Waals surface area contributed by atoms with E-state index in [9.17, 15) is 8.42 Å². The minimum absolute atomic E-state index is 0. The van der Waals surface area contributed by atoms with Gasteiger partial charge in [-0.3, -0.25) is 5.32 Å². The van der Waals surface area contributed by atoms with Gasteiger partial charge in [-0.1, -0.05) is 6.42 Å². The normalized spacial score (nSPS) is 34.7. The van der Waals surface area contributed by atoms with Crippen LogP contribution in [-0.4, -0.2) is 38.8 Å². The molecule has 1 N–H and O–H groups in total. The maximum atomic E-state index is 11.7. The van der Waals surface area contributed by atoms with Gasteiger partial charge in [0.2, 0.25) is 0 Å². The molecule has 0 saturated carbocycles. The van der Waals surface area contributed by atoms with Crippen LogP contribution in [0.25, 0.3) is 0 Å². The fraction of sp³-hybridized carbons (Fsp3) is 1.00. The highest BCUT2D eigenvalue weighted by molar-refractivity contribution is 7.92. The molecule has 0 spiro atoms. The number of hydrogen-bond acceptors (Lipinski definition) is 4. The van der Waals surface area contributed by atoms with Gasteiger partial charge in [-0.2, -0.15) is 0 Å². The van der Waals surface area contributed by atoms with Crippen molar-refractivity contribution in [3.63, 3.8) is 0 Å². The van der Waals surface area contributed by atoms with E-state index in [0.29, 0.717) is 18.8 Å². The summed E-state index contributed by atoms with van der Waals surface area (Å²) >= 11 is 0. The Hall–Kier alpha value is 0.160. The standard InChI is InChI=1S/C9H17NO3S.ClH/c11-14(12)6-2-1-3-8(14)7-9-10-4-5-13-9;/h8-10H,1-7H2;1H. The predicted octanol–water partition coefficient (Wildman–Crippen LogP) is 0.712. The molecule has 90 valence electrons. The summed E-state index contributed by atoms with van der Waals surface area (Å²) < 4.78 is 28.7. The summed E-state index contributed by atoms with van der Waals surface area (Å²) in [5.41, 5.74) is 0.